The lowest BCUT2D eigenvalue weighted by molar-refractivity contribution is 0.301. The van der Waals surface area contributed by atoms with Crippen LogP contribution < -0.4 is 4.90 Å². The second kappa shape index (κ2) is 6.49. The Hall–Kier alpha value is -1.87. The predicted octanol–water partition coefficient (Wildman–Crippen LogP) is 4.65. The van der Waals surface area contributed by atoms with Gasteiger partial charge in [-0.05, 0) is 24.6 Å². The fraction of sp³-hybridized carbons (Fsp3) is 0.263. The van der Waals surface area contributed by atoms with Crippen molar-refractivity contribution in [1.29, 1.82) is 0 Å². The number of anilines is 1. The predicted molar refractivity (Wildman–Crippen MR) is 97.2 cm³/mol. The molecule has 0 N–H and O–H groups in total. The molecule has 0 radical (unpaired) electrons. The monoisotopic (exact) mass is 311 g/mol. The molecule has 22 heavy (non-hydrogen) atoms. The van der Waals surface area contributed by atoms with E-state index in [-0.39, 0.29) is 0 Å². The molecule has 0 unspecified atom stereocenters. The van der Waals surface area contributed by atoms with E-state index < -0.39 is 0 Å². The summed E-state index contributed by atoms with van der Waals surface area (Å²) in [6, 6.07) is 17.2. The molecule has 0 saturated heterocycles. The summed E-state index contributed by atoms with van der Waals surface area (Å²) in [4.78, 5) is 3.35. The Labute approximate surface area is 136 Å². The molecular weight excluding hydrogens is 290 g/mol. The Morgan fingerprint density at radius 1 is 0.909 bits per heavy atom. The number of rotatable bonds is 3. The van der Waals surface area contributed by atoms with Crippen molar-refractivity contribution in [3.05, 3.63) is 65.2 Å². The van der Waals surface area contributed by atoms with E-state index in [2.05, 4.69) is 74.4 Å². The van der Waals surface area contributed by atoms with Gasteiger partial charge in [0, 0.05) is 31.1 Å². The fourth-order valence-corrected chi connectivity index (χ4v) is 3.44. The van der Waals surface area contributed by atoms with Crippen LogP contribution in [-0.2, 0) is 4.74 Å². The van der Waals surface area contributed by atoms with Crippen LogP contribution in [0, 0.1) is 6.92 Å². The van der Waals surface area contributed by atoms with E-state index in [1.54, 1.807) is 0 Å². The molecule has 1 heterocycles. The maximum absolute atomic E-state index is 6.00. The van der Waals surface area contributed by atoms with Crippen molar-refractivity contribution in [3.8, 4) is 0 Å². The number of ether oxygens (including phenoxy) is 1. The van der Waals surface area contributed by atoms with Gasteiger partial charge in [-0.15, -0.1) is 11.8 Å². The van der Waals surface area contributed by atoms with Gasteiger partial charge >= 0.3 is 0 Å². The van der Waals surface area contributed by atoms with E-state index in [9.17, 15) is 0 Å². The Kier molecular flexibility index (Phi) is 4.44. The molecule has 3 rings (SSSR count). The first-order valence-corrected chi connectivity index (χ1v) is 8.48. The van der Waals surface area contributed by atoms with E-state index in [0.717, 1.165) is 23.7 Å². The number of thioether (sulfide) groups is 1. The third kappa shape index (κ3) is 3.14. The van der Waals surface area contributed by atoms with Gasteiger partial charge in [0.2, 0.25) is 0 Å². The number of aryl methyl sites for hydroxylation is 1. The van der Waals surface area contributed by atoms with Crippen molar-refractivity contribution in [3.63, 3.8) is 0 Å². The van der Waals surface area contributed by atoms with Gasteiger partial charge in [-0.1, -0.05) is 42.0 Å². The summed E-state index contributed by atoms with van der Waals surface area (Å²) < 4.78 is 6.00. The number of hydrogen-bond acceptors (Lipinski definition) is 3. The van der Waals surface area contributed by atoms with Crippen molar-refractivity contribution in [1.82, 2.24) is 0 Å². The molecular formula is C19H21NOS. The van der Waals surface area contributed by atoms with E-state index in [4.69, 9.17) is 4.74 Å². The Balaban J connectivity index is 2.01. The van der Waals surface area contributed by atoms with E-state index in [0.29, 0.717) is 0 Å². The maximum Gasteiger partial charge on any atom is 0.140 e. The zero-order chi connectivity index (χ0) is 15.5. The number of nitrogens with zero attached hydrogens (tertiary/aromatic N) is 1. The van der Waals surface area contributed by atoms with Crippen molar-refractivity contribution in [2.45, 2.75) is 6.92 Å². The molecule has 0 fully saturated rings. The first-order chi connectivity index (χ1) is 10.6. The Bertz CT molecular complexity index is 672. The summed E-state index contributed by atoms with van der Waals surface area (Å²) >= 11 is 1.88. The second-order valence-corrected chi connectivity index (χ2v) is 6.77. The van der Waals surface area contributed by atoms with Crippen LogP contribution in [0.3, 0.4) is 0 Å². The SMILES string of the molecule is Cc1ccc(C2=C(c3ccc(N(C)C)cc3)SCCO2)cc1. The highest BCUT2D eigenvalue weighted by molar-refractivity contribution is 8.08. The summed E-state index contributed by atoms with van der Waals surface area (Å²) in [5.41, 5.74) is 4.86. The van der Waals surface area contributed by atoms with Crippen molar-refractivity contribution in [2.75, 3.05) is 31.4 Å². The quantitative estimate of drug-likeness (QED) is 0.818. The van der Waals surface area contributed by atoms with Crippen molar-refractivity contribution < 1.29 is 4.74 Å². The van der Waals surface area contributed by atoms with Gasteiger partial charge in [-0.25, -0.2) is 0 Å². The van der Waals surface area contributed by atoms with Gasteiger partial charge in [0.25, 0.3) is 0 Å². The molecule has 0 atom stereocenters. The molecule has 1 aliphatic rings. The van der Waals surface area contributed by atoms with Crippen LogP contribution in [0.2, 0.25) is 0 Å². The van der Waals surface area contributed by atoms with Gasteiger partial charge in [0.15, 0.2) is 0 Å². The van der Waals surface area contributed by atoms with Crippen LogP contribution in [0.15, 0.2) is 48.5 Å². The average molecular weight is 311 g/mol. The lowest BCUT2D eigenvalue weighted by Gasteiger charge is -2.22. The molecule has 114 valence electrons. The van der Waals surface area contributed by atoms with Crippen LogP contribution >= 0.6 is 11.8 Å². The van der Waals surface area contributed by atoms with E-state index in [1.807, 2.05) is 11.8 Å². The van der Waals surface area contributed by atoms with Gasteiger partial charge < -0.3 is 9.64 Å². The molecule has 0 saturated carbocycles. The van der Waals surface area contributed by atoms with Crippen LogP contribution in [0.1, 0.15) is 16.7 Å². The maximum atomic E-state index is 6.00. The molecule has 0 spiro atoms. The third-order valence-electron chi connectivity index (χ3n) is 3.74. The minimum atomic E-state index is 0.771. The number of hydrogen-bond donors (Lipinski definition) is 0. The standard InChI is InChI=1S/C19H21NOS/c1-14-4-6-15(7-5-14)18-19(22-13-12-21-18)16-8-10-17(11-9-16)20(2)3/h4-11H,12-13H2,1-3H3. The van der Waals surface area contributed by atoms with Crippen LogP contribution in [0.25, 0.3) is 10.7 Å². The molecule has 0 amide bonds. The molecule has 2 nitrogen and oxygen atoms in total. The molecule has 2 aromatic carbocycles. The van der Waals surface area contributed by atoms with Crippen molar-refractivity contribution in [2.24, 2.45) is 0 Å². The molecule has 0 aliphatic carbocycles. The Morgan fingerprint density at radius 2 is 1.55 bits per heavy atom. The zero-order valence-electron chi connectivity index (χ0n) is 13.3. The first-order valence-electron chi connectivity index (χ1n) is 7.50. The minimum absolute atomic E-state index is 0.771. The molecule has 0 aromatic heterocycles. The first kappa shape index (κ1) is 15.0. The topological polar surface area (TPSA) is 12.5 Å². The highest BCUT2D eigenvalue weighted by atomic mass is 32.2. The summed E-state index contributed by atoms with van der Waals surface area (Å²) in [5.74, 6) is 2.01. The largest absolute Gasteiger partial charge is 0.491 e. The average Bonchev–Trinajstić information content (AvgIpc) is 2.56. The lowest BCUT2D eigenvalue weighted by atomic mass is 10.1. The molecule has 2 aromatic rings. The summed E-state index contributed by atoms with van der Waals surface area (Å²) in [5, 5.41) is 0. The van der Waals surface area contributed by atoms with Crippen LogP contribution in [0.5, 0.6) is 0 Å². The molecule has 3 heteroatoms. The van der Waals surface area contributed by atoms with Crippen LogP contribution in [0.4, 0.5) is 5.69 Å². The van der Waals surface area contributed by atoms with Crippen molar-refractivity contribution >= 4 is 28.1 Å². The van der Waals surface area contributed by atoms with E-state index in [1.165, 1.54) is 21.7 Å². The van der Waals surface area contributed by atoms with E-state index >= 15 is 0 Å². The number of benzene rings is 2. The van der Waals surface area contributed by atoms with Gasteiger partial charge in [-0.2, -0.15) is 0 Å². The van der Waals surface area contributed by atoms with Crippen LogP contribution in [-0.4, -0.2) is 26.5 Å². The minimum Gasteiger partial charge on any atom is -0.491 e. The fourth-order valence-electron chi connectivity index (χ4n) is 2.46. The highest BCUT2D eigenvalue weighted by Crippen LogP contribution is 2.39. The molecule has 1 aliphatic heterocycles. The lowest BCUT2D eigenvalue weighted by Crippen LogP contribution is -2.09. The third-order valence-corrected chi connectivity index (χ3v) is 4.82. The summed E-state index contributed by atoms with van der Waals surface area (Å²) in [7, 11) is 4.12. The smallest absolute Gasteiger partial charge is 0.140 e. The normalized spacial score (nSPS) is 14.7. The Morgan fingerprint density at radius 3 is 2.18 bits per heavy atom. The van der Waals surface area contributed by atoms with Gasteiger partial charge in [0.05, 0.1) is 11.5 Å². The second-order valence-electron chi connectivity index (χ2n) is 5.66. The highest BCUT2D eigenvalue weighted by Gasteiger charge is 2.18. The van der Waals surface area contributed by atoms with Gasteiger partial charge in [-0.3, -0.25) is 0 Å². The van der Waals surface area contributed by atoms with Gasteiger partial charge in [0.1, 0.15) is 5.76 Å². The summed E-state index contributed by atoms with van der Waals surface area (Å²) in [6.07, 6.45) is 0. The summed E-state index contributed by atoms with van der Waals surface area (Å²) in [6.45, 7) is 2.88. The zero-order valence-corrected chi connectivity index (χ0v) is 14.1. The molecule has 0 bridgehead atoms.